The molecule has 0 bridgehead atoms. The van der Waals surface area contributed by atoms with E-state index in [0.717, 1.165) is 33.4 Å². The van der Waals surface area contributed by atoms with Gasteiger partial charge in [-0.2, -0.15) is 0 Å². The molecule has 0 spiro atoms. The molecule has 0 fully saturated rings. The second-order valence-corrected chi connectivity index (χ2v) is 6.81. The minimum atomic E-state index is -0.179. The highest BCUT2D eigenvalue weighted by atomic mass is 16.5. The summed E-state index contributed by atoms with van der Waals surface area (Å²) in [5.41, 5.74) is 4.32. The molecule has 0 atom stereocenters. The molecule has 1 amide bonds. The number of fused-ring (bicyclic) bond motifs is 1. The molecule has 1 aromatic heterocycles. The fourth-order valence-electron chi connectivity index (χ4n) is 3.06. The highest BCUT2D eigenvalue weighted by Gasteiger charge is 2.05. The normalized spacial score (nSPS) is 11.5. The summed E-state index contributed by atoms with van der Waals surface area (Å²) >= 11 is 0. The van der Waals surface area contributed by atoms with Crippen molar-refractivity contribution in [2.75, 3.05) is 13.7 Å². The van der Waals surface area contributed by atoms with Crippen molar-refractivity contribution < 1.29 is 9.53 Å². The van der Waals surface area contributed by atoms with Crippen LogP contribution in [-0.2, 0) is 11.2 Å². The van der Waals surface area contributed by atoms with Gasteiger partial charge in [0.05, 0.1) is 7.11 Å². The van der Waals surface area contributed by atoms with Crippen molar-refractivity contribution in [2.24, 2.45) is 0 Å². The first kappa shape index (κ1) is 19.4. The average Bonchev–Trinajstić information content (AvgIpc) is 2.68. The summed E-state index contributed by atoms with van der Waals surface area (Å²) in [6.07, 6.45) is 2.04. The average molecular weight is 376 g/mol. The molecule has 0 aliphatic carbocycles. The number of carbonyl (C=O) groups excluding carboxylic acids is 1. The monoisotopic (exact) mass is 376 g/mol. The lowest BCUT2D eigenvalue weighted by molar-refractivity contribution is -0.116. The van der Waals surface area contributed by atoms with E-state index in [4.69, 9.17) is 4.74 Å². The molecule has 5 nitrogen and oxygen atoms in total. The van der Waals surface area contributed by atoms with Crippen molar-refractivity contribution in [1.29, 1.82) is 0 Å². The lowest BCUT2D eigenvalue weighted by Crippen LogP contribution is -2.26. The van der Waals surface area contributed by atoms with Crippen molar-refractivity contribution in [3.05, 3.63) is 81.7 Å². The van der Waals surface area contributed by atoms with Crippen molar-refractivity contribution in [2.45, 2.75) is 20.3 Å². The molecule has 0 saturated heterocycles. The van der Waals surface area contributed by atoms with Gasteiger partial charge in [0, 0.05) is 23.7 Å². The fraction of sp³-hybridized carbons (Fsp3) is 0.217. The Balaban J connectivity index is 1.62. The van der Waals surface area contributed by atoms with Crippen LogP contribution in [-0.4, -0.2) is 24.5 Å². The van der Waals surface area contributed by atoms with E-state index in [0.29, 0.717) is 18.5 Å². The Morgan fingerprint density at radius 2 is 1.89 bits per heavy atom. The number of benzene rings is 2. The van der Waals surface area contributed by atoms with E-state index in [1.807, 2.05) is 62.4 Å². The minimum Gasteiger partial charge on any atom is -0.497 e. The molecular weight excluding hydrogens is 352 g/mol. The van der Waals surface area contributed by atoms with Crippen molar-refractivity contribution >= 4 is 22.4 Å². The third-order valence-corrected chi connectivity index (χ3v) is 4.66. The van der Waals surface area contributed by atoms with Crippen LogP contribution in [0, 0.1) is 6.92 Å². The Kier molecular flexibility index (Phi) is 5.94. The van der Waals surface area contributed by atoms with Crippen molar-refractivity contribution in [1.82, 2.24) is 10.3 Å². The Bertz CT molecular complexity index is 1080. The molecule has 28 heavy (non-hydrogen) atoms. The molecule has 2 aromatic carbocycles. The number of hydrogen-bond donors (Lipinski definition) is 2. The predicted molar refractivity (Wildman–Crippen MR) is 113 cm³/mol. The van der Waals surface area contributed by atoms with Crippen LogP contribution in [0.2, 0.25) is 0 Å². The summed E-state index contributed by atoms with van der Waals surface area (Å²) in [6.45, 7) is 4.30. The molecule has 1 heterocycles. The number of methoxy groups -OCH3 is 1. The zero-order valence-corrected chi connectivity index (χ0v) is 16.3. The molecule has 0 aliphatic heterocycles. The SMILES string of the molecule is COc1ccc(/C(C)=C/C(=O)NCCc2cc3cc(C)ccc3[nH]c2=O)cc1. The van der Waals surface area contributed by atoms with Crippen LogP contribution in [0.15, 0.2) is 59.4 Å². The topological polar surface area (TPSA) is 71.2 Å². The van der Waals surface area contributed by atoms with Gasteiger partial charge in [-0.05, 0) is 67.1 Å². The standard InChI is InChI=1S/C23H24N2O3/c1-15-4-9-21-19(12-15)14-18(23(27)25-21)10-11-24-22(26)13-16(2)17-5-7-20(28-3)8-6-17/h4-9,12-14H,10-11H2,1-3H3,(H,24,26)(H,25,27)/b16-13+. The van der Waals surface area contributed by atoms with Gasteiger partial charge in [0.25, 0.3) is 5.56 Å². The Labute approximate surface area is 164 Å². The number of amides is 1. The van der Waals surface area contributed by atoms with Gasteiger partial charge in [0.2, 0.25) is 5.91 Å². The number of aromatic amines is 1. The zero-order valence-electron chi connectivity index (χ0n) is 16.3. The van der Waals surface area contributed by atoms with Gasteiger partial charge in [-0.3, -0.25) is 9.59 Å². The highest BCUT2D eigenvalue weighted by molar-refractivity contribution is 5.94. The Morgan fingerprint density at radius 3 is 2.61 bits per heavy atom. The quantitative estimate of drug-likeness (QED) is 0.646. The Morgan fingerprint density at radius 1 is 1.14 bits per heavy atom. The molecule has 0 saturated carbocycles. The highest BCUT2D eigenvalue weighted by Crippen LogP contribution is 2.18. The number of H-pyrrole nitrogens is 1. The first-order valence-corrected chi connectivity index (χ1v) is 9.19. The molecule has 0 aliphatic rings. The number of aryl methyl sites for hydroxylation is 1. The lowest BCUT2D eigenvalue weighted by Gasteiger charge is -2.06. The van der Waals surface area contributed by atoms with Gasteiger partial charge < -0.3 is 15.0 Å². The molecule has 3 rings (SSSR count). The first-order valence-electron chi connectivity index (χ1n) is 9.19. The molecule has 3 aromatic rings. The van der Waals surface area contributed by atoms with E-state index in [-0.39, 0.29) is 11.5 Å². The van der Waals surface area contributed by atoms with Crippen LogP contribution in [0.3, 0.4) is 0 Å². The number of carbonyl (C=O) groups is 1. The van der Waals surface area contributed by atoms with Crippen LogP contribution in [0.25, 0.3) is 16.5 Å². The van der Waals surface area contributed by atoms with E-state index in [2.05, 4.69) is 10.3 Å². The van der Waals surface area contributed by atoms with Gasteiger partial charge in [0.1, 0.15) is 5.75 Å². The van der Waals surface area contributed by atoms with E-state index >= 15 is 0 Å². The predicted octanol–water partition coefficient (Wildman–Crippen LogP) is 3.61. The second kappa shape index (κ2) is 8.57. The number of pyridine rings is 1. The summed E-state index contributed by atoms with van der Waals surface area (Å²) in [7, 11) is 1.62. The lowest BCUT2D eigenvalue weighted by atomic mass is 10.1. The molecule has 144 valence electrons. The molecule has 0 unspecified atom stereocenters. The van der Waals surface area contributed by atoms with Crippen LogP contribution >= 0.6 is 0 Å². The van der Waals surface area contributed by atoms with Gasteiger partial charge in [-0.15, -0.1) is 0 Å². The van der Waals surface area contributed by atoms with Gasteiger partial charge >= 0.3 is 0 Å². The van der Waals surface area contributed by atoms with Crippen molar-refractivity contribution in [3.63, 3.8) is 0 Å². The van der Waals surface area contributed by atoms with E-state index in [1.165, 1.54) is 0 Å². The summed E-state index contributed by atoms with van der Waals surface area (Å²) < 4.78 is 5.14. The largest absolute Gasteiger partial charge is 0.497 e. The number of aromatic nitrogens is 1. The maximum absolute atomic E-state index is 12.2. The zero-order chi connectivity index (χ0) is 20.1. The van der Waals surface area contributed by atoms with Crippen LogP contribution in [0.1, 0.15) is 23.6 Å². The van der Waals surface area contributed by atoms with Crippen LogP contribution in [0.5, 0.6) is 5.75 Å². The van der Waals surface area contributed by atoms with Gasteiger partial charge in [-0.25, -0.2) is 0 Å². The van der Waals surface area contributed by atoms with Crippen LogP contribution in [0.4, 0.5) is 0 Å². The van der Waals surface area contributed by atoms with Gasteiger partial charge in [-0.1, -0.05) is 23.8 Å². The van der Waals surface area contributed by atoms with Crippen molar-refractivity contribution in [3.8, 4) is 5.75 Å². The molecule has 5 heteroatoms. The number of ether oxygens (including phenoxy) is 1. The Hall–Kier alpha value is -3.34. The number of hydrogen-bond acceptors (Lipinski definition) is 3. The minimum absolute atomic E-state index is 0.115. The van der Waals surface area contributed by atoms with Gasteiger partial charge in [0.15, 0.2) is 0 Å². The third-order valence-electron chi connectivity index (χ3n) is 4.66. The maximum Gasteiger partial charge on any atom is 0.251 e. The van der Waals surface area contributed by atoms with E-state index in [1.54, 1.807) is 13.2 Å². The van der Waals surface area contributed by atoms with E-state index in [9.17, 15) is 9.59 Å². The number of allylic oxidation sites excluding steroid dienone is 1. The van der Waals surface area contributed by atoms with E-state index < -0.39 is 0 Å². The molecule has 2 N–H and O–H groups in total. The van der Waals surface area contributed by atoms with Crippen LogP contribution < -0.4 is 15.6 Å². The smallest absolute Gasteiger partial charge is 0.251 e. The maximum atomic E-state index is 12.2. The summed E-state index contributed by atoms with van der Waals surface area (Å²) in [5.74, 6) is 0.596. The molecular formula is C23H24N2O3. The summed E-state index contributed by atoms with van der Waals surface area (Å²) in [4.78, 5) is 27.3. The summed E-state index contributed by atoms with van der Waals surface area (Å²) in [5, 5.41) is 3.84. The second-order valence-electron chi connectivity index (χ2n) is 6.81. The number of rotatable bonds is 6. The summed E-state index contributed by atoms with van der Waals surface area (Å²) in [6, 6.07) is 15.3. The molecule has 0 radical (unpaired) electrons. The fourth-order valence-corrected chi connectivity index (χ4v) is 3.06. The first-order chi connectivity index (χ1) is 13.5. The number of nitrogens with one attached hydrogen (secondary N) is 2. The third kappa shape index (κ3) is 4.68.